The molecule has 0 unspecified atom stereocenters. The average molecular weight is 366 g/mol. The van der Waals surface area contributed by atoms with Crippen molar-refractivity contribution in [3.63, 3.8) is 0 Å². The van der Waals surface area contributed by atoms with Crippen LogP contribution in [0.4, 0.5) is 5.69 Å². The molecule has 0 aromatic heterocycles. The van der Waals surface area contributed by atoms with Crippen LogP contribution in [-0.4, -0.2) is 34.0 Å². The first kappa shape index (κ1) is 18.5. The van der Waals surface area contributed by atoms with Crippen molar-refractivity contribution in [3.8, 4) is 11.5 Å². The molecule has 0 spiro atoms. The van der Waals surface area contributed by atoms with Gasteiger partial charge in [-0.3, -0.25) is 9.59 Å². The van der Waals surface area contributed by atoms with E-state index in [1.54, 1.807) is 25.8 Å². The number of aromatic hydroxyl groups is 2. The molecular weight excluding hydrogens is 344 g/mol. The molecule has 1 aliphatic heterocycles. The van der Waals surface area contributed by atoms with Gasteiger partial charge in [0.1, 0.15) is 11.5 Å². The van der Waals surface area contributed by atoms with Gasteiger partial charge in [-0.05, 0) is 42.7 Å². The van der Waals surface area contributed by atoms with Crippen LogP contribution in [0.3, 0.4) is 0 Å². The fourth-order valence-electron chi connectivity index (χ4n) is 3.43. The van der Waals surface area contributed by atoms with Crippen LogP contribution in [0.15, 0.2) is 36.9 Å². The third kappa shape index (κ3) is 3.03. The fraction of sp³-hybridized carbons (Fsp3) is 0.238. The molecule has 0 radical (unpaired) electrons. The predicted molar refractivity (Wildman–Crippen MR) is 103 cm³/mol. The Morgan fingerprint density at radius 1 is 1.15 bits per heavy atom. The average Bonchev–Trinajstić information content (AvgIpc) is 3.09. The van der Waals surface area contributed by atoms with Crippen LogP contribution in [0, 0.1) is 13.8 Å². The molecule has 0 saturated heterocycles. The number of benzene rings is 2. The second-order valence-electron chi connectivity index (χ2n) is 6.72. The summed E-state index contributed by atoms with van der Waals surface area (Å²) in [5.41, 5.74) is 3.89. The third-order valence-electron chi connectivity index (χ3n) is 5.18. The summed E-state index contributed by atoms with van der Waals surface area (Å²) in [5.74, 6) is -0.822. The first-order chi connectivity index (χ1) is 12.8. The summed E-state index contributed by atoms with van der Waals surface area (Å²) in [6, 6.07) is 6.80. The zero-order valence-corrected chi connectivity index (χ0v) is 15.6. The maximum Gasteiger partial charge on any atom is 0.258 e. The van der Waals surface area contributed by atoms with Crippen LogP contribution in [0.5, 0.6) is 11.5 Å². The van der Waals surface area contributed by atoms with Crippen molar-refractivity contribution in [1.29, 1.82) is 0 Å². The Hall–Kier alpha value is -3.28. The largest absolute Gasteiger partial charge is 0.508 e. The maximum absolute atomic E-state index is 13.1. The highest BCUT2D eigenvalue weighted by Crippen LogP contribution is 2.36. The summed E-state index contributed by atoms with van der Waals surface area (Å²) in [4.78, 5) is 28.2. The zero-order valence-electron chi connectivity index (χ0n) is 15.6. The molecule has 2 aromatic rings. The molecule has 6 nitrogen and oxygen atoms in total. The molecular formula is C21H22N2O4. The Balaban J connectivity index is 1.96. The molecule has 0 atom stereocenters. The van der Waals surface area contributed by atoms with Gasteiger partial charge in [0.25, 0.3) is 5.91 Å². The molecule has 0 aliphatic carbocycles. The first-order valence-electron chi connectivity index (χ1n) is 8.58. The van der Waals surface area contributed by atoms with Crippen LogP contribution < -0.4 is 4.90 Å². The second-order valence-corrected chi connectivity index (χ2v) is 6.72. The van der Waals surface area contributed by atoms with Crippen LogP contribution in [0.1, 0.15) is 32.6 Å². The van der Waals surface area contributed by atoms with E-state index in [-0.39, 0.29) is 28.9 Å². The number of phenols is 2. The molecule has 2 amide bonds. The van der Waals surface area contributed by atoms with Crippen LogP contribution in [0.25, 0.3) is 0 Å². The number of phenolic OH excluding ortho intramolecular Hbond substituents is 2. The summed E-state index contributed by atoms with van der Waals surface area (Å²) in [5, 5.41) is 20.1. The number of amides is 2. The van der Waals surface area contributed by atoms with Crippen molar-refractivity contribution in [2.45, 2.75) is 26.9 Å². The van der Waals surface area contributed by atoms with Crippen molar-refractivity contribution in [2.24, 2.45) is 0 Å². The SMILES string of the molecule is C=CC(=O)N(C)c1cccc2c1CN(C(=O)c1c(O)cc(O)c(C)c1C)C2. The van der Waals surface area contributed by atoms with Gasteiger partial charge in [0, 0.05) is 37.5 Å². The van der Waals surface area contributed by atoms with Gasteiger partial charge in [-0.1, -0.05) is 18.7 Å². The number of hydrogen-bond acceptors (Lipinski definition) is 4. The Morgan fingerprint density at radius 2 is 1.85 bits per heavy atom. The maximum atomic E-state index is 13.1. The number of fused-ring (bicyclic) bond motifs is 1. The lowest BCUT2D eigenvalue weighted by atomic mass is 10.00. The number of nitrogens with zero attached hydrogens (tertiary/aromatic N) is 2. The van der Waals surface area contributed by atoms with Crippen molar-refractivity contribution in [1.82, 2.24) is 4.90 Å². The van der Waals surface area contributed by atoms with E-state index in [4.69, 9.17) is 0 Å². The third-order valence-corrected chi connectivity index (χ3v) is 5.18. The van der Waals surface area contributed by atoms with Crippen LogP contribution in [-0.2, 0) is 17.9 Å². The van der Waals surface area contributed by atoms with Crippen molar-refractivity contribution in [3.05, 3.63) is 64.7 Å². The lowest BCUT2D eigenvalue weighted by Gasteiger charge is -2.20. The highest BCUT2D eigenvalue weighted by Gasteiger charge is 2.30. The van der Waals surface area contributed by atoms with Crippen molar-refractivity contribution < 1.29 is 19.8 Å². The van der Waals surface area contributed by atoms with E-state index in [0.29, 0.717) is 24.2 Å². The van der Waals surface area contributed by atoms with E-state index in [1.807, 2.05) is 18.2 Å². The van der Waals surface area contributed by atoms with E-state index >= 15 is 0 Å². The molecule has 27 heavy (non-hydrogen) atoms. The lowest BCUT2D eigenvalue weighted by Crippen LogP contribution is -2.27. The number of carbonyl (C=O) groups excluding carboxylic acids is 2. The second kappa shape index (κ2) is 6.79. The molecule has 140 valence electrons. The number of rotatable bonds is 3. The Kier molecular flexibility index (Phi) is 4.66. The smallest absolute Gasteiger partial charge is 0.258 e. The highest BCUT2D eigenvalue weighted by molar-refractivity contribution is 6.02. The minimum absolute atomic E-state index is 0.0434. The Bertz CT molecular complexity index is 965. The van der Waals surface area contributed by atoms with E-state index in [0.717, 1.165) is 16.8 Å². The standard InChI is InChI=1S/C21H22N2O4/c1-5-19(26)22(4)16-8-6-7-14-10-23(11-15(14)16)21(27)20-13(3)12(2)17(24)9-18(20)25/h5-9,24-25H,1,10-11H2,2-4H3. The summed E-state index contributed by atoms with van der Waals surface area (Å²) < 4.78 is 0. The molecule has 2 aromatic carbocycles. The van der Waals surface area contributed by atoms with Gasteiger partial charge < -0.3 is 20.0 Å². The number of carbonyl (C=O) groups is 2. The Labute approximate surface area is 158 Å². The monoisotopic (exact) mass is 366 g/mol. The minimum atomic E-state index is -0.312. The molecule has 0 fully saturated rings. The zero-order chi connectivity index (χ0) is 19.9. The molecule has 0 saturated carbocycles. The van der Waals surface area contributed by atoms with Gasteiger partial charge in [-0.15, -0.1) is 0 Å². The molecule has 1 heterocycles. The van der Waals surface area contributed by atoms with E-state index in [1.165, 1.54) is 17.0 Å². The topological polar surface area (TPSA) is 81.1 Å². The molecule has 0 bridgehead atoms. The van der Waals surface area contributed by atoms with Gasteiger partial charge in [-0.25, -0.2) is 0 Å². The highest BCUT2D eigenvalue weighted by atomic mass is 16.3. The quantitative estimate of drug-likeness (QED) is 0.818. The Morgan fingerprint density at radius 3 is 2.52 bits per heavy atom. The van der Waals surface area contributed by atoms with Crippen LogP contribution >= 0.6 is 0 Å². The van der Waals surface area contributed by atoms with Gasteiger partial charge in [0.15, 0.2) is 0 Å². The molecule has 3 rings (SSSR count). The summed E-state index contributed by atoms with van der Waals surface area (Å²) in [7, 11) is 1.67. The van der Waals surface area contributed by atoms with Crippen molar-refractivity contribution >= 4 is 17.5 Å². The molecule has 2 N–H and O–H groups in total. The summed E-state index contributed by atoms with van der Waals surface area (Å²) in [6.07, 6.45) is 1.25. The fourth-order valence-corrected chi connectivity index (χ4v) is 3.43. The van der Waals surface area contributed by atoms with E-state index < -0.39 is 0 Å². The normalized spacial score (nSPS) is 12.6. The van der Waals surface area contributed by atoms with Crippen molar-refractivity contribution in [2.75, 3.05) is 11.9 Å². The van der Waals surface area contributed by atoms with E-state index in [9.17, 15) is 19.8 Å². The van der Waals surface area contributed by atoms with Gasteiger partial charge >= 0.3 is 0 Å². The van der Waals surface area contributed by atoms with Gasteiger partial charge in [-0.2, -0.15) is 0 Å². The lowest BCUT2D eigenvalue weighted by molar-refractivity contribution is -0.113. The van der Waals surface area contributed by atoms with Crippen LogP contribution in [0.2, 0.25) is 0 Å². The predicted octanol–water partition coefficient (Wildman–Crippen LogP) is 3.02. The molecule has 1 aliphatic rings. The number of anilines is 1. The van der Waals surface area contributed by atoms with Gasteiger partial charge in [0.05, 0.1) is 5.56 Å². The summed E-state index contributed by atoms with van der Waals surface area (Å²) >= 11 is 0. The number of likely N-dealkylation sites (N-methyl/N-ethyl adjacent to an activating group) is 1. The van der Waals surface area contributed by atoms with E-state index in [2.05, 4.69) is 6.58 Å². The summed E-state index contributed by atoms with van der Waals surface area (Å²) in [6.45, 7) is 7.63. The number of hydrogen-bond donors (Lipinski definition) is 2. The first-order valence-corrected chi connectivity index (χ1v) is 8.58. The minimum Gasteiger partial charge on any atom is -0.508 e. The van der Waals surface area contributed by atoms with Gasteiger partial charge in [0.2, 0.25) is 5.91 Å². The molecule has 6 heteroatoms.